The van der Waals surface area contributed by atoms with Gasteiger partial charge >= 0.3 is 5.97 Å². The number of fused-ring (bicyclic) bond motifs is 1. The summed E-state index contributed by atoms with van der Waals surface area (Å²) >= 11 is 6.03. The van der Waals surface area contributed by atoms with E-state index in [4.69, 9.17) is 16.3 Å². The molecule has 0 fully saturated rings. The number of pyridine rings is 1. The van der Waals surface area contributed by atoms with Crippen molar-refractivity contribution in [3.63, 3.8) is 0 Å². The zero-order valence-electron chi connectivity index (χ0n) is 13.2. The molecule has 3 rings (SSSR count). The van der Waals surface area contributed by atoms with Crippen molar-refractivity contribution >= 4 is 28.3 Å². The molecular weight excluding hydrogens is 326 g/mol. The van der Waals surface area contributed by atoms with E-state index in [9.17, 15) is 9.59 Å². The highest BCUT2D eigenvalue weighted by molar-refractivity contribution is 6.30. The first kappa shape index (κ1) is 16.3. The summed E-state index contributed by atoms with van der Waals surface area (Å²) < 4.78 is 6.69. The van der Waals surface area contributed by atoms with Gasteiger partial charge in [0.1, 0.15) is 0 Å². The van der Waals surface area contributed by atoms with Gasteiger partial charge in [-0.2, -0.15) is 0 Å². The van der Waals surface area contributed by atoms with Crippen molar-refractivity contribution in [2.45, 2.75) is 13.3 Å². The van der Waals surface area contributed by atoms with E-state index < -0.39 is 5.97 Å². The molecule has 0 saturated heterocycles. The highest BCUT2D eigenvalue weighted by Gasteiger charge is 2.16. The lowest BCUT2D eigenvalue weighted by atomic mass is 10.1. The Balaban J connectivity index is 2.26. The van der Waals surface area contributed by atoms with Crippen LogP contribution in [0.25, 0.3) is 16.5 Å². The van der Waals surface area contributed by atoms with Crippen LogP contribution >= 0.6 is 11.6 Å². The summed E-state index contributed by atoms with van der Waals surface area (Å²) in [6, 6.07) is 14.0. The van der Waals surface area contributed by atoms with Crippen LogP contribution in [0.15, 0.2) is 59.5 Å². The fourth-order valence-corrected chi connectivity index (χ4v) is 2.73. The maximum absolute atomic E-state index is 12.8. The van der Waals surface area contributed by atoms with Gasteiger partial charge in [-0.05, 0) is 30.7 Å². The van der Waals surface area contributed by atoms with Gasteiger partial charge in [-0.15, -0.1) is 0 Å². The Morgan fingerprint density at radius 1 is 1.12 bits per heavy atom. The highest BCUT2D eigenvalue weighted by atomic mass is 35.5. The van der Waals surface area contributed by atoms with Crippen molar-refractivity contribution in [2.75, 3.05) is 6.61 Å². The molecule has 0 saturated carbocycles. The maximum atomic E-state index is 12.8. The lowest BCUT2D eigenvalue weighted by Crippen LogP contribution is -2.21. The largest absolute Gasteiger partial charge is 0.462 e. The normalized spacial score (nSPS) is 10.8. The fourth-order valence-electron chi connectivity index (χ4n) is 2.54. The molecule has 0 bridgehead atoms. The molecule has 2 aromatic carbocycles. The molecule has 0 atom stereocenters. The number of esters is 1. The highest BCUT2D eigenvalue weighted by Crippen LogP contribution is 2.20. The summed E-state index contributed by atoms with van der Waals surface area (Å²) in [5, 5.41) is 1.56. The molecule has 0 aliphatic heterocycles. The van der Waals surface area contributed by atoms with Crippen LogP contribution in [0.1, 0.15) is 23.7 Å². The topological polar surface area (TPSA) is 48.3 Å². The standard InChI is InChI=1S/C19H16ClNO3/c1-2-10-24-19(23)17-12-21(14-7-5-6-13(20)11-14)18(22)16-9-4-3-8-15(16)17/h3-9,11-12H,2,10H2,1H3. The van der Waals surface area contributed by atoms with Gasteiger partial charge in [0.25, 0.3) is 5.56 Å². The lowest BCUT2D eigenvalue weighted by molar-refractivity contribution is 0.0506. The summed E-state index contributed by atoms with van der Waals surface area (Å²) in [7, 11) is 0. The van der Waals surface area contributed by atoms with Crippen molar-refractivity contribution in [1.82, 2.24) is 4.57 Å². The lowest BCUT2D eigenvalue weighted by Gasteiger charge is -2.12. The van der Waals surface area contributed by atoms with E-state index in [1.165, 1.54) is 10.8 Å². The summed E-state index contributed by atoms with van der Waals surface area (Å²) in [5.41, 5.74) is 0.751. The number of hydrogen-bond donors (Lipinski definition) is 0. The molecule has 1 heterocycles. The van der Waals surface area contributed by atoms with Gasteiger partial charge in [0.15, 0.2) is 0 Å². The van der Waals surface area contributed by atoms with Crippen molar-refractivity contribution in [3.05, 3.63) is 75.7 Å². The second-order valence-electron chi connectivity index (χ2n) is 5.38. The molecule has 24 heavy (non-hydrogen) atoms. The Hall–Kier alpha value is -2.59. The van der Waals surface area contributed by atoms with Crippen LogP contribution in [-0.2, 0) is 4.74 Å². The molecule has 122 valence electrons. The summed E-state index contributed by atoms with van der Waals surface area (Å²) in [4.78, 5) is 25.2. The van der Waals surface area contributed by atoms with Crippen molar-refractivity contribution in [3.8, 4) is 5.69 Å². The molecule has 1 aromatic heterocycles. The summed E-state index contributed by atoms with van der Waals surface area (Å²) in [5.74, 6) is -0.441. The first-order valence-electron chi connectivity index (χ1n) is 7.69. The van der Waals surface area contributed by atoms with E-state index in [-0.39, 0.29) is 5.56 Å². The minimum Gasteiger partial charge on any atom is -0.462 e. The molecule has 4 nitrogen and oxygen atoms in total. The maximum Gasteiger partial charge on any atom is 0.340 e. The van der Waals surface area contributed by atoms with Gasteiger partial charge in [-0.3, -0.25) is 9.36 Å². The van der Waals surface area contributed by atoms with E-state index in [1.54, 1.807) is 48.5 Å². The second kappa shape index (κ2) is 6.89. The van der Waals surface area contributed by atoms with Crippen LogP contribution in [0.3, 0.4) is 0 Å². The van der Waals surface area contributed by atoms with Crippen LogP contribution in [-0.4, -0.2) is 17.1 Å². The Morgan fingerprint density at radius 2 is 1.88 bits per heavy atom. The molecule has 0 aliphatic rings. The molecule has 0 spiro atoms. The van der Waals surface area contributed by atoms with Gasteiger partial charge in [-0.1, -0.05) is 42.8 Å². The zero-order valence-corrected chi connectivity index (χ0v) is 13.9. The van der Waals surface area contributed by atoms with E-state index in [2.05, 4.69) is 0 Å². The van der Waals surface area contributed by atoms with Gasteiger partial charge in [0.2, 0.25) is 0 Å². The van der Waals surface area contributed by atoms with Crippen molar-refractivity contribution in [1.29, 1.82) is 0 Å². The molecule has 0 aliphatic carbocycles. The Morgan fingerprint density at radius 3 is 2.58 bits per heavy atom. The molecular formula is C19H16ClNO3. The van der Waals surface area contributed by atoms with Crippen molar-refractivity contribution < 1.29 is 9.53 Å². The number of rotatable bonds is 4. The Labute approximate surface area is 144 Å². The number of halogens is 1. The fraction of sp³-hybridized carbons (Fsp3) is 0.158. The monoisotopic (exact) mass is 341 g/mol. The average molecular weight is 342 g/mol. The van der Waals surface area contributed by atoms with Gasteiger partial charge < -0.3 is 4.74 Å². The third-order valence-corrected chi connectivity index (χ3v) is 3.90. The molecule has 0 N–H and O–H groups in total. The molecule has 5 heteroatoms. The summed E-state index contributed by atoms with van der Waals surface area (Å²) in [6.07, 6.45) is 2.26. The van der Waals surface area contributed by atoms with Gasteiger partial charge in [0.05, 0.1) is 17.9 Å². The van der Waals surface area contributed by atoms with Crippen LogP contribution in [0, 0.1) is 0 Å². The Bertz CT molecular complexity index is 962. The smallest absolute Gasteiger partial charge is 0.340 e. The van der Waals surface area contributed by atoms with Crippen LogP contribution in [0.5, 0.6) is 0 Å². The predicted octanol–water partition coefficient (Wildman–Crippen LogP) is 4.21. The minimum absolute atomic E-state index is 0.208. The molecule has 3 aromatic rings. The van der Waals surface area contributed by atoms with Crippen LogP contribution in [0.2, 0.25) is 5.02 Å². The number of hydrogen-bond acceptors (Lipinski definition) is 3. The number of carbonyl (C=O) groups excluding carboxylic acids is 1. The van der Waals surface area contributed by atoms with Gasteiger partial charge in [-0.25, -0.2) is 4.79 Å². The van der Waals surface area contributed by atoms with E-state index in [0.717, 1.165) is 6.42 Å². The Kier molecular flexibility index (Phi) is 4.67. The number of nitrogens with zero attached hydrogens (tertiary/aromatic N) is 1. The predicted molar refractivity (Wildman–Crippen MR) is 95.1 cm³/mol. The number of benzene rings is 2. The third-order valence-electron chi connectivity index (χ3n) is 3.67. The van der Waals surface area contributed by atoms with Gasteiger partial charge in [0, 0.05) is 22.0 Å². The quantitative estimate of drug-likeness (QED) is 0.668. The number of aromatic nitrogens is 1. The van der Waals surface area contributed by atoms with Crippen LogP contribution < -0.4 is 5.56 Å². The zero-order chi connectivity index (χ0) is 17.1. The first-order valence-corrected chi connectivity index (χ1v) is 8.07. The minimum atomic E-state index is -0.441. The molecule has 0 unspecified atom stereocenters. The summed E-state index contributed by atoms with van der Waals surface area (Å²) in [6.45, 7) is 2.27. The first-order chi connectivity index (χ1) is 11.6. The van der Waals surface area contributed by atoms with E-state index in [0.29, 0.717) is 33.7 Å². The van der Waals surface area contributed by atoms with E-state index in [1.807, 2.05) is 6.92 Å². The molecule has 0 radical (unpaired) electrons. The molecule has 0 amide bonds. The van der Waals surface area contributed by atoms with E-state index >= 15 is 0 Å². The SMILES string of the molecule is CCCOC(=O)c1cn(-c2cccc(Cl)c2)c(=O)c2ccccc12. The third kappa shape index (κ3) is 3.05. The second-order valence-corrected chi connectivity index (χ2v) is 5.82. The average Bonchev–Trinajstić information content (AvgIpc) is 2.60. The van der Waals surface area contributed by atoms with Crippen molar-refractivity contribution in [2.24, 2.45) is 0 Å². The van der Waals surface area contributed by atoms with Crippen LogP contribution in [0.4, 0.5) is 0 Å². The number of ether oxygens (including phenoxy) is 1. The number of carbonyl (C=O) groups is 1.